The van der Waals surface area contributed by atoms with Crippen molar-refractivity contribution >= 4 is 12.4 Å². The predicted octanol–water partition coefficient (Wildman–Crippen LogP) is 3.53. The zero-order valence-electron chi connectivity index (χ0n) is 10.1. The first-order valence-corrected chi connectivity index (χ1v) is 5.16. The SMILES string of the molecule is C[C@@H](O)[C@@H](N)c1ccc(C(F)(F)F)cc1C(F)(F)F.Cl. The Kier molecular flexibility index (Phi) is 5.89. The lowest BCUT2D eigenvalue weighted by Crippen LogP contribution is -2.26. The number of aliphatic hydroxyl groups excluding tert-OH is 1. The molecule has 0 aliphatic heterocycles. The summed E-state index contributed by atoms with van der Waals surface area (Å²) in [6.45, 7) is 1.16. The van der Waals surface area contributed by atoms with Crippen molar-refractivity contribution < 1.29 is 31.4 Å². The van der Waals surface area contributed by atoms with E-state index in [1.807, 2.05) is 0 Å². The standard InChI is InChI=1S/C11H11F6NO.ClH/c1-5(19)9(18)7-3-2-6(10(12,13)14)4-8(7)11(15,16)17;/h2-5,9,19H,18H2,1H3;1H/t5-,9-;/m1./s1. The van der Waals surface area contributed by atoms with Crippen LogP contribution in [-0.2, 0) is 12.4 Å². The third kappa shape index (κ3) is 4.26. The van der Waals surface area contributed by atoms with Crippen LogP contribution in [0.5, 0.6) is 0 Å². The maximum atomic E-state index is 12.7. The highest BCUT2D eigenvalue weighted by Crippen LogP contribution is 2.39. The Labute approximate surface area is 117 Å². The second kappa shape index (κ2) is 6.19. The van der Waals surface area contributed by atoms with E-state index in [0.717, 1.165) is 6.92 Å². The molecule has 0 aliphatic rings. The quantitative estimate of drug-likeness (QED) is 0.818. The lowest BCUT2D eigenvalue weighted by Gasteiger charge is -2.21. The summed E-state index contributed by atoms with van der Waals surface area (Å²) in [5.74, 6) is 0. The molecule has 2 nitrogen and oxygen atoms in total. The zero-order valence-corrected chi connectivity index (χ0v) is 10.9. The molecule has 1 aromatic carbocycles. The Balaban J connectivity index is 0.00000361. The average molecular weight is 324 g/mol. The van der Waals surface area contributed by atoms with Crippen LogP contribution in [0.3, 0.4) is 0 Å². The van der Waals surface area contributed by atoms with E-state index in [4.69, 9.17) is 5.73 Å². The van der Waals surface area contributed by atoms with Crippen LogP contribution in [0.1, 0.15) is 29.7 Å². The summed E-state index contributed by atoms with van der Waals surface area (Å²) in [5.41, 5.74) is 1.88. The van der Waals surface area contributed by atoms with Gasteiger partial charge >= 0.3 is 12.4 Å². The topological polar surface area (TPSA) is 46.2 Å². The van der Waals surface area contributed by atoms with Crippen molar-refractivity contribution in [2.24, 2.45) is 5.73 Å². The van der Waals surface area contributed by atoms with Crippen LogP contribution in [0.15, 0.2) is 18.2 Å². The van der Waals surface area contributed by atoms with E-state index < -0.39 is 41.2 Å². The minimum absolute atomic E-state index is 0. The Morgan fingerprint density at radius 1 is 1.05 bits per heavy atom. The van der Waals surface area contributed by atoms with Crippen molar-refractivity contribution in [3.8, 4) is 0 Å². The first kappa shape index (κ1) is 19.0. The molecule has 0 spiro atoms. The molecule has 0 radical (unpaired) electrons. The maximum absolute atomic E-state index is 12.7. The summed E-state index contributed by atoms with van der Waals surface area (Å²) in [7, 11) is 0. The van der Waals surface area contributed by atoms with Crippen molar-refractivity contribution in [3.05, 3.63) is 34.9 Å². The van der Waals surface area contributed by atoms with E-state index in [1.165, 1.54) is 0 Å². The van der Waals surface area contributed by atoms with Crippen molar-refractivity contribution in [2.45, 2.75) is 31.4 Å². The van der Waals surface area contributed by atoms with Gasteiger partial charge in [0.05, 0.1) is 23.3 Å². The summed E-state index contributed by atoms with van der Waals surface area (Å²) >= 11 is 0. The summed E-state index contributed by atoms with van der Waals surface area (Å²) in [6, 6.07) is -0.271. The number of aliphatic hydroxyl groups is 1. The summed E-state index contributed by atoms with van der Waals surface area (Å²) in [4.78, 5) is 0. The highest BCUT2D eigenvalue weighted by atomic mass is 35.5. The van der Waals surface area contributed by atoms with E-state index >= 15 is 0 Å². The molecule has 0 saturated heterocycles. The Morgan fingerprint density at radius 3 is 1.90 bits per heavy atom. The van der Waals surface area contributed by atoms with E-state index in [9.17, 15) is 31.4 Å². The number of alkyl halides is 6. The Bertz CT molecular complexity index is 457. The number of halogens is 7. The number of hydrogen-bond donors (Lipinski definition) is 2. The highest BCUT2D eigenvalue weighted by Gasteiger charge is 2.39. The molecule has 116 valence electrons. The Morgan fingerprint density at radius 2 is 1.55 bits per heavy atom. The lowest BCUT2D eigenvalue weighted by atomic mass is 9.95. The third-order valence-corrected chi connectivity index (χ3v) is 2.56. The first-order chi connectivity index (χ1) is 8.44. The molecule has 0 heterocycles. The Hall–Kier alpha value is -0.990. The summed E-state index contributed by atoms with van der Waals surface area (Å²) in [5, 5.41) is 9.18. The molecule has 0 unspecified atom stereocenters. The molecular weight excluding hydrogens is 312 g/mol. The van der Waals surface area contributed by atoms with Gasteiger partial charge in [0.15, 0.2) is 0 Å². The van der Waals surface area contributed by atoms with Gasteiger partial charge in [0, 0.05) is 0 Å². The molecule has 1 aromatic rings. The second-order valence-electron chi connectivity index (χ2n) is 4.06. The van der Waals surface area contributed by atoms with E-state index in [1.54, 1.807) is 0 Å². The minimum atomic E-state index is -4.98. The van der Waals surface area contributed by atoms with Crippen LogP contribution in [-0.4, -0.2) is 11.2 Å². The van der Waals surface area contributed by atoms with Gasteiger partial charge in [-0.25, -0.2) is 0 Å². The van der Waals surface area contributed by atoms with Crippen LogP contribution in [0.25, 0.3) is 0 Å². The molecular formula is C11H12ClF6NO. The molecule has 0 aliphatic carbocycles. The maximum Gasteiger partial charge on any atom is 0.416 e. The molecule has 3 N–H and O–H groups in total. The van der Waals surface area contributed by atoms with Gasteiger partial charge in [-0.2, -0.15) is 26.3 Å². The molecule has 0 fully saturated rings. The van der Waals surface area contributed by atoms with Crippen molar-refractivity contribution in [1.82, 2.24) is 0 Å². The van der Waals surface area contributed by atoms with E-state index in [-0.39, 0.29) is 18.5 Å². The highest BCUT2D eigenvalue weighted by molar-refractivity contribution is 5.85. The van der Waals surface area contributed by atoms with Crippen molar-refractivity contribution in [3.63, 3.8) is 0 Å². The molecule has 20 heavy (non-hydrogen) atoms. The lowest BCUT2D eigenvalue weighted by molar-refractivity contribution is -0.143. The smallest absolute Gasteiger partial charge is 0.391 e. The largest absolute Gasteiger partial charge is 0.416 e. The van der Waals surface area contributed by atoms with Crippen molar-refractivity contribution in [1.29, 1.82) is 0 Å². The van der Waals surface area contributed by atoms with Gasteiger partial charge in [-0.1, -0.05) is 6.07 Å². The predicted molar refractivity (Wildman–Crippen MR) is 62.3 cm³/mol. The molecule has 0 aromatic heterocycles. The van der Waals surface area contributed by atoms with Gasteiger partial charge in [0.2, 0.25) is 0 Å². The molecule has 0 bridgehead atoms. The van der Waals surface area contributed by atoms with Crippen LogP contribution in [0.4, 0.5) is 26.3 Å². The van der Waals surface area contributed by atoms with Gasteiger partial charge in [0.25, 0.3) is 0 Å². The molecule has 2 atom stereocenters. The van der Waals surface area contributed by atoms with Crippen LogP contribution >= 0.6 is 12.4 Å². The first-order valence-electron chi connectivity index (χ1n) is 5.16. The zero-order chi connectivity index (χ0) is 15.0. The van der Waals surface area contributed by atoms with Gasteiger partial charge in [-0.15, -0.1) is 12.4 Å². The fourth-order valence-corrected chi connectivity index (χ4v) is 1.53. The number of rotatable bonds is 2. The molecule has 0 saturated carbocycles. The minimum Gasteiger partial charge on any atom is -0.391 e. The summed E-state index contributed by atoms with van der Waals surface area (Å²) < 4.78 is 75.4. The second-order valence-corrected chi connectivity index (χ2v) is 4.06. The van der Waals surface area contributed by atoms with Gasteiger partial charge in [-0.05, 0) is 24.6 Å². The average Bonchev–Trinajstić information content (AvgIpc) is 2.24. The molecule has 9 heteroatoms. The van der Waals surface area contributed by atoms with Gasteiger partial charge in [-0.3, -0.25) is 0 Å². The van der Waals surface area contributed by atoms with Crippen LogP contribution in [0.2, 0.25) is 0 Å². The van der Waals surface area contributed by atoms with E-state index in [2.05, 4.69) is 0 Å². The number of nitrogens with two attached hydrogens (primary N) is 1. The third-order valence-electron chi connectivity index (χ3n) is 2.56. The number of hydrogen-bond acceptors (Lipinski definition) is 2. The van der Waals surface area contributed by atoms with Crippen LogP contribution in [0, 0.1) is 0 Å². The summed E-state index contributed by atoms with van der Waals surface area (Å²) in [6.07, 6.45) is -11.2. The fraction of sp³-hybridized carbons (Fsp3) is 0.455. The van der Waals surface area contributed by atoms with E-state index in [0.29, 0.717) is 12.1 Å². The normalized spacial score (nSPS) is 15.4. The molecule has 0 amide bonds. The fourth-order valence-electron chi connectivity index (χ4n) is 1.53. The van der Waals surface area contributed by atoms with Crippen LogP contribution < -0.4 is 5.73 Å². The van der Waals surface area contributed by atoms with Crippen molar-refractivity contribution in [2.75, 3.05) is 0 Å². The molecule has 1 rings (SSSR count). The number of benzene rings is 1. The monoisotopic (exact) mass is 323 g/mol. The van der Waals surface area contributed by atoms with Gasteiger partial charge < -0.3 is 10.8 Å². The van der Waals surface area contributed by atoms with Gasteiger partial charge in [0.1, 0.15) is 0 Å².